The minimum absolute atomic E-state index is 0.0105. The second-order valence-electron chi connectivity index (χ2n) is 4.14. The quantitative estimate of drug-likeness (QED) is 0.647. The number of rotatable bonds is 4. The number of carbonyl (C=O) groups excluding carboxylic acids is 1. The van der Waals surface area contributed by atoms with E-state index in [1.807, 2.05) is 13.8 Å². The van der Waals surface area contributed by atoms with Crippen LogP contribution < -0.4 is 5.32 Å². The summed E-state index contributed by atoms with van der Waals surface area (Å²) in [6, 6.07) is 3.52. The molecule has 0 heterocycles. The van der Waals surface area contributed by atoms with Gasteiger partial charge in [-0.05, 0) is 18.1 Å². The Bertz CT molecular complexity index is 409. The Morgan fingerprint density at radius 1 is 1.53 bits per heavy atom. The number of nitrogens with one attached hydrogen (secondary N) is 1. The zero-order valence-electron chi connectivity index (χ0n) is 9.71. The van der Waals surface area contributed by atoms with Crippen molar-refractivity contribution < 1.29 is 14.3 Å². The van der Waals surface area contributed by atoms with Gasteiger partial charge in [0.2, 0.25) is 0 Å². The normalized spacial score (nSPS) is 12.5. The molecule has 1 rings (SSSR count). The van der Waals surface area contributed by atoms with Crippen molar-refractivity contribution in [1.82, 2.24) is 5.32 Å². The second kappa shape index (κ2) is 6.18. The highest BCUT2D eigenvalue weighted by Crippen LogP contribution is 2.15. The molecule has 0 spiro atoms. The van der Waals surface area contributed by atoms with Crippen molar-refractivity contribution in [2.75, 3.05) is 4.43 Å². The van der Waals surface area contributed by atoms with E-state index in [-0.39, 0.29) is 23.3 Å². The first-order chi connectivity index (χ1) is 7.95. The van der Waals surface area contributed by atoms with Gasteiger partial charge in [0.15, 0.2) is 0 Å². The van der Waals surface area contributed by atoms with Gasteiger partial charge >= 0.3 is 0 Å². The highest BCUT2D eigenvalue weighted by Gasteiger charge is 2.18. The molecule has 0 aromatic heterocycles. The molecule has 0 aliphatic carbocycles. The Labute approximate surface area is 114 Å². The van der Waals surface area contributed by atoms with Crippen molar-refractivity contribution in [3.63, 3.8) is 0 Å². The summed E-state index contributed by atoms with van der Waals surface area (Å²) >= 11 is 2.18. The lowest BCUT2D eigenvalue weighted by Crippen LogP contribution is -2.40. The van der Waals surface area contributed by atoms with E-state index in [0.717, 1.165) is 10.5 Å². The van der Waals surface area contributed by atoms with Gasteiger partial charge in [-0.1, -0.05) is 36.4 Å². The summed E-state index contributed by atoms with van der Waals surface area (Å²) in [5, 5.41) is 11.8. The van der Waals surface area contributed by atoms with Crippen LogP contribution in [0.2, 0.25) is 0 Å². The highest BCUT2D eigenvalue weighted by molar-refractivity contribution is 14.1. The number of carbonyl (C=O) groups is 1. The fourth-order valence-electron chi connectivity index (χ4n) is 1.32. The number of phenols is 1. The molecule has 0 aliphatic rings. The van der Waals surface area contributed by atoms with Crippen molar-refractivity contribution in [3.05, 3.63) is 29.6 Å². The summed E-state index contributed by atoms with van der Waals surface area (Å²) in [6.45, 7) is 3.99. The lowest BCUT2D eigenvalue weighted by atomic mass is 10.1. The predicted molar refractivity (Wildman–Crippen MR) is 73.0 cm³/mol. The van der Waals surface area contributed by atoms with Gasteiger partial charge in [0.25, 0.3) is 5.91 Å². The van der Waals surface area contributed by atoms with E-state index >= 15 is 0 Å². The van der Waals surface area contributed by atoms with Gasteiger partial charge in [-0.25, -0.2) is 4.39 Å². The summed E-state index contributed by atoms with van der Waals surface area (Å²) < 4.78 is 14.2. The molecule has 0 aliphatic heterocycles. The molecule has 0 bridgehead atoms. The van der Waals surface area contributed by atoms with Crippen molar-refractivity contribution in [3.8, 4) is 5.75 Å². The third kappa shape index (κ3) is 3.83. The zero-order chi connectivity index (χ0) is 13.0. The molecule has 2 N–H and O–H groups in total. The Balaban J connectivity index is 2.82. The van der Waals surface area contributed by atoms with Crippen LogP contribution in [0.5, 0.6) is 5.75 Å². The van der Waals surface area contributed by atoms with Gasteiger partial charge in [-0.15, -0.1) is 0 Å². The minimum Gasteiger partial charge on any atom is -0.508 e. The fourth-order valence-corrected chi connectivity index (χ4v) is 2.55. The smallest absolute Gasteiger partial charge is 0.254 e. The predicted octanol–water partition coefficient (Wildman–Crippen LogP) is 2.72. The molecular weight excluding hydrogens is 336 g/mol. The molecule has 1 aromatic carbocycles. The molecule has 1 unspecified atom stereocenters. The average molecular weight is 351 g/mol. The van der Waals surface area contributed by atoms with Crippen LogP contribution in [-0.4, -0.2) is 21.5 Å². The Morgan fingerprint density at radius 2 is 2.18 bits per heavy atom. The molecule has 17 heavy (non-hydrogen) atoms. The van der Waals surface area contributed by atoms with E-state index in [2.05, 4.69) is 27.9 Å². The standard InChI is InChI=1S/C12H15FINO2/c1-7(2)11(6-14)15-12(17)9-4-3-8(16)5-10(9)13/h3-5,7,11,16H,6H2,1-2H3,(H,15,17). The number of alkyl halides is 1. The van der Waals surface area contributed by atoms with E-state index in [1.165, 1.54) is 12.1 Å². The third-order valence-electron chi connectivity index (χ3n) is 2.48. The van der Waals surface area contributed by atoms with Gasteiger partial charge in [-0.3, -0.25) is 4.79 Å². The summed E-state index contributed by atoms with van der Waals surface area (Å²) in [4.78, 5) is 11.8. The average Bonchev–Trinajstić information content (AvgIpc) is 2.24. The van der Waals surface area contributed by atoms with Crippen LogP contribution in [0.15, 0.2) is 18.2 Å². The van der Waals surface area contributed by atoms with Crippen LogP contribution in [0.4, 0.5) is 4.39 Å². The summed E-state index contributed by atoms with van der Waals surface area (Å²) in [6.07, 6.45) is 0. The number of halogens is 2. The van der Waals surface area contributed by atoms with E-state index in [4.69, 9.17) is 5.11 Å². The first-order valence-electron chi connectivity index (χ1n) is 5.31. The monoisotopic (exact) mass is 351 g/mol. The van der Waals surface area contributed by atoms with Gasteiger partial charge in [0.05, 0.1) is 5.56 Å². The van der Waals surface area contributed by atoms with Crippen molar-refractivity contribution >= 4 is 28.5 Å². The zero-order valence-corrected chi connectivity index (χ0v) is 11.9. The molecule has 0 saturated heterocycles. The Morgan fingerprint density at radius 3 is 2.65 bits per heavy atom. The van der Waals surface area contributed by atoms with Gasteiger partial charge < -0.3 is 10.4 Å². The lowest BCUT2D eigenvalue weighted by molar-refractivity contribution is 0.0928. The maximum atomic E-state index is 13.4. The first-order valence-corrected chi connectivity index (χ1v) is 6.83. The molecule has 5 heteroatoms. The molecule has 0 radical (unpaired) electrons. The molecule has 1 atom stereocenters. The summed E-state index contributed by atoms with van der Waals surface area (Å²) in [5.74, 6) is -1.05. The Hall–Kier alpha value is -0.850. The molecule has 1 amide bonds. The van der Waals surface area contributed by atoms with E-state index in [9.17, 15) is 9.18 Å². The van der Waals surface area contributed by atoms with Crippen LogP contribution in [0.25, 0.3) is 0 Å². The molecule has 3 nitrogen and oxygen atoms in total. The van der Waals surface area contributed by atoms with Gasteiger partial charge in [0, 0.05) is 16.5 Å². The van der Waals surface area contributed by atoms with E-state index < -0.39 is 11.7 Å². The van der Waals surface area contributed by atoms with Crippen molar-refractivity contribution in [2.45, 2.75) is 19.9 Å². The third-order valence-corrected chi connectivity index (χ3v) is 3.43. The maximum absolute atomic E-state index is 13.4. The van der Waals surface area contributed by atoms with Gasteiger partial charge in [-0.2, -0.15) is 0 Å². The van der Waals surface area contributed by atoms with Crippen molar-refractivity contribution in [1.29, 1.82) is 0 Å². The summed E-state index contributed by atoms with van der Waals surface area (Å²) in [7, 11) is 0. The molecular formula is C12H15FINO2. The lowest BCUT2D eigenvalue weighted by Gasteiger charge is -2.20. The van der Waals surface area contributed by atoms with E-state index in [1.54, 1.807) is 0 Å². The largest absolute Gasteiger partial charge is 0.508 e. The maximum Gasteiger partial charge on any atom is 0.254 e. The molecule has 0 fully saturated rings. The van der Waals surface area contributed by atoms with Crippen LogP contribution in [0.3, 0.4) is 0 Å². The second-order valence-corrected chi connectivity index (χ2v) is 5.02. The number of hydrogen-bond donors (Lipinski definition) is 2. The number of aromatic hydroxyl groups is 1. The molecule has 94 valence electrons. The van der Waals surface area contributed by atoms with Crippen LogP contribution >= 0.6 is 22.6 Å². The minimum atomic E-state index is -0.710. The SMILES string of the molecule is CC(C)C(CI)NC(=O)c1ccc(O)cc1F. The molecule has 1 aromatic rings. The number of benzene rings is 1. The van der Waals surface area contributed by atoms with Crippen LogP contribution in [0.1, 0.15) is 24.2 Å². The van der Waals surface area contributed by atoms with Crippen LogP contribution in [0, 0.1) is 11.7 Å². The number of hydrogen-bond acceptors (Lipinski definition) is 2. The first kappa shape index (κ1) is 14.2. The van der Waals surface area contributed by atoms with Crippen molar-refractivity contribution in [2.24, 2.45) is 5.92 Å². The topological polar surface area (TPSA) is 49.3 Å². The van der Waals surface area contributed by atoms with Gasteiger partial charge in [0.1, 0.15) is 11.6 Å². The van der Waals surface area contributed by atoms with Crippen LogP contribution in [-0.2, 0) is 0 Å². The highest BCUT2D eigenvalue weighted by atomic mass is 127. The summed E-state index contributed by atoms with van der Waals surface area (Å²) in [5.41, 5.74) is -0.0432. The van der Waals surface area contributed by atoms with E-state index in [0.29, 0.717) is 0 Å². The fraction of sp³-hybridized carbons (Fsp3) is 0.417. The number of amides is 1. The Kier molecular flexibility index (Phi) is 5.17. The number of phenolic OH excluding ortho intramolecular Hbond substituents is 1. The molecule has 0 saturated carbocycles.